The Balaban J connectivity index is 0.000000500. The van der Waals surface area contributed by atoms with Crippen molar-refractivity contribution in [3.63, 3.8) is 0 Å². The molecule has 0 aromatic carbocycles. The molecule has 0 atom stereocenters. The van der Waals surface area contributed by atoms with Gasteiger partial charge in [-0.15, -0.1) is 0 Å². The Morgan fingerprint density at radius 1 is 1.50 bits per heavy atom. The van der Waals surface area contributed by atoms with Gasteiger partial charge in [-0.1, -0.05) is 6.20 Å². The van der Waals surface area contributed by atoms with Crippen LogP contribution in [0.25, 0.3) is 11.0 Å². The number of aromatic nitrogens is 3. The summed E-state index contributed by atoms with van der Waals surface area (Å²) in [5.41, 5.74) is 1.72. The third-order valence-electron chi connectivity index (χ3n) is 1.14. The minimum Gasteiger partial charge on any atom is -0.380 e. The molecular formula is C6H4N3Re-. The molecule has 4 heteroatoms. The number of hydrogen-bond donors (Lipinski definition) is 1. The third kappa shape index (κ3) is 1.08. The Morgan fingerprint density at radius 3 is 3.20 bits per heavy atom. The van der Waals surface area contributed by atoms with Gasteiger partial charge in [0.05, 0.1) is 0 Å². The first-order chi connectivity index (χ1) is 4.47. The van der Waals surface area contributed by atoms with Crippen LogP contribution in [0.5, 0.6) is 0 Å². The summed E-state index contributed by atoms with van der Waals surface area (Å²) in [7, 11) is 0. The second kappa shape index (κ2) is 2.91. The van der Waals surface area contributed by atoms with Crippen molar-refractivity contribution < 1.29 is 20.4 Å². The Labute approximate surface area is 71.5 Å². The van der Waals surface area contributed by atoms with Crippen LogP contribution in [0.1, 0.15) is 0 Å². The maximum absolute atomic E-state index is 4.02. The van der Waals surface area contributed by atoms with Crippen LogP contribution < -0.4 is 0 Å². The molecule has 0 spiro atoms. The van der Waals surface area contributed by atoms with Gasteiger partial charge in [0.15, 0.2) is 0 Å². The van der Waals surface area contributed by atoms with Gasteiger partial charge in [-0.05, 0) is 11.0 Å². The summed E-state index contributed by atoms with van der Waals surface area (Å²) in [4.78, 5) is 4.02. The van der Waals surface area contributed by atoms with Crippen molar-refractivity contribution in [1.82, 2.24) is 15.2 Å². The molecule has 2 aromatic rings. The van der Waals surface area contributed by atoms with Crippen molar-refractivity contribution >= 4 is 11.0 Å². The molecule has 2 aromatic heterocycles. The van der Waals surface area contributed by atoms with Gasteiger partial charge in [-0.25, -0.2) is 0 Å². The molecule has 0 unspecified atom stereocenters. The number of fused-ring (bicyclic) bond motifs is 1. The average molecular weight is 304 g/mol. The minimum atomic E-state index is 0. The molecule has 10 heavy (non-hydrogen) atoms. The van der Waals surface area contributed by atoms with Gasteiger partial charge in [-0.3, -0.25) is 0 Å². The van der Waals surface area contributed by atoms with E-state index in [1.54, 1.807) is 18.5 Å². The van der Waals surface area contributed by atoms with Crippen molar-refractivity contribution in [3.8, 4) is 0 Å². The average Bonchev–Trinajstić information content (AvgIpc) is 2.33. The van der Waals surface area contributed by atoms with E-state index in [0.717, 1.165) is 11.0 Å². The number of nitrogens with zero attached hydrogens (tertiary/aromatic N) is 2. The zero-order valence-electron chi connectivity index (χ0n) is 5.00. The van der Waals surface area contributed by atoms with Crippen LogP contribution in [-0.2, 0) is 20.4 Å². The first kappa shape index (κ1) is 7.39. The summed E-state index contributed by atoms with van der Waals surface area (Å²) in [5, 5.41) is 6.53. The molecule has 0 fully saturated rings. The van der Waals surface area contributed by atoms with E-state index in [1.165, 1.54) is 0 Å². The van der Waals surface area contributed by atoms with Crippen LogP contribution in [0.4, 0.5) is 0 Å². The van der Waals surface area contributed by atoms with E-state index in [2.05, 4.69) is 21.2 Å². The summed E-state index contributed by atoms with van der Waals surface area (Å²) in [6.45, 7) is 0. The SMILES string of the molecule is [Re].[c-]1ccnc2cn[nH]c12. The standard InChI is InChI=1S/C6H4N3.Re/c1-2-5-6(7-3-1)4-8-9-5;/h1,3-4H,(H,8,9);/q-1;. The van der Waals surface area contributed by atoms with Crippen LogP contribution >= 0.6 is 0 Å². The molecular weight excluding hydrogens is 300 g/mol. The van der Waals surface area contributed by atoms with Crippen LogP contribution in [-0.4, -0.2) is 15.2 Å². The monoisotopic (exact) mass is 305 g/mol. The fourth-order valence-electron chi connectivity index (χ4n) is 0.722. The maximum atomic E-state index is 4.02. The summed E-state index contributed by atoms with van der Waals surface area (Å²) < 4.78 is 0. The van der Waals surface area contributed by atoms with Gasteiger partial charge >= 0.3 is 0 Å². The van der Waals surface area contributed by atoms with Gasteiger partial charge in [-0.2, -0.15) is 17.2 Å². The Hall–Kier alpha value is -0.718. The molecule has 1 N–H and O–H groups in total. The number of H-pyrrole nitrogens is 1. The fraction of sp³-hybridized carbons (Fsp3) is 0. The number of aromatic amines is 1. The van der Waals surface area contributed by atoms with E-state index in [1.807, 2.05) is 0 Å². The zero-order valence-corrected chi connectivity index (χ0v) is 7.72. The molecule has 3 nitrogen and oxygen atoms in total. The molecule has 0 amide bonds. The largest absolute Gasteiger partial charge is 0.380 e. The quantitative estimate of drug-likeness (QED) is 0.730. The predicted molar refractivity (Wildman–Crippen MR) is 32.7 cm³/mol. The van der Waals surface area contributed by atoms with Gasteiger partial charge in [0.1, 0.15) is 0 Å². The summed E-state index contributed by atoms with van der Waals surface area (Å²) in [6.07, 6.45) is 3.36. The van der Waals surface area contributed by atoms with E-state index >= 15 is 0 Å². The van der Waals surface area contributed by atoms with Gasteiger partial charge in [0.2, 0.25) is 0 Å². The van der Waals surface area contributed by atoms with E-state index < -0.39 is 0 Å². The van der Waals surface area contributed by atoms with Gasteiger partial charge in [0, 0.05) is 26.6 Å². The number of nitrogens with one attached hydrogen (secondary N) is 1. The Kier molecular flexibility index (Phi) is 2.15. The molecule has 1 radical (unpaired) electrons. The number of pyridine rings is 1. The second-order valence-electron chi connectivity index (χ2n) is 1.72. The third-order valence-corrected chi connectivity index (χ3v) is 1.14. The van der Waals surface area contributed by atoms with Crippen molar-refractivity contribution in [2.45, 2.75) is 0 Å². The van der Waals surface area contributed by atoms with E-state index in [4.69, 9.17) is 0 Å². The second-order valence-corrected chi connectivity index (χ2v) is 1.72. The van der Waals surface area contributed by atoms with Gasteiger partial charge < -0.3 is 10.1 Å². The molecule has 51 valence electrons. The van der Waals surface area contributed by atoms with E-state index in [0.29, 0.717) is 0 Å². The van der Waals surface area contributed by atoms with Crippen molar-refractivity contribution in [2.75, 3.05) is 0 Å². The smallest absolute Gasteiger partial charge is 0.0187 e. The molecule has 0 aliphatic heterocycles. The summed E-state index contributed by atoms with van der Waals surface area (Å²) in [6, 6.07) is 4.70. The first-order valence-electron chi connectivity index (χ1n) is 2.62. The van der Waals surface area contributed by atoms with Crippen LogP contribution in [0.2, 0.25) is 0 Å². The summed E-state index contributed by atoms with van der Waals surface area (Å²) in [5.74, 6) is 0. The predicted octanol–water partition coefficient (Wildman–Crippen LogP) is 0.756. The molecule has 0 aliphatic carbocycles. The molecule has 2 rings (SSSR count). The van der Waals surface area contributed by atoms with E-state index in [9.17, 15) is 0 Å². The minimum absolute atomic E-state index is 0. The molecule has 2 heterocycles. The van der Waals surface area contributed by atoms with Crippen LogP contribution in [0.3, 0.4) is 0 Å². The van der Waals surface area contributed by atoms with Gasteiger partial charge in [0.25, 0.3) is 0 Å². The first-order valence-corrected chi connectivity index (χ1v) is 2.62. The zero-order chi connectivity index (χ0) is 6.10. The topological polar surface area (TPSA) is 41.6 Å². The molecule has 0 saturated heterocycles. The van der Waals surface area contributed by atoms with Crippen molar-refractivity contribution in [1.29, 1.82) is 0 Å². The van der Waals surface area contributed by atoms with Crippen LogP contribution in [0.15, 0.2) is 18.5 Å². The van der Waals surface area contributed by atoms with Crippen LogP contribution in [0, 0.1) is 6.07 Å². The fourth-order valence-corrected chi connectivity index (χ4v) is 0.722. The summed E-state index contributed by atoms with van der Waals surface area (Å²) >= 11 is 0. The Bertz CT molecular complexity index is 287. The van der Waals surface area contributed by atoms with Crippen molar-refractivity contribution in [3.05, 3.63) is 24.5 Å². The molecule has 0 saturated carbocycles. The van der Waals surface area contributed by atoms with Crippen molar-refractivity contribution in [2.24, 2.45) is 0 Å². The normalized spacial score (nSPS) is 9.20. The van der Waals surface area contributed by atoms with E-state index in [-0.39, 0.29) is 20.4 Å². The maximum Gasteiger partial charge on any atom is 0.0187 e. The molecule has 0 aliphatic rings. The number of hydrogen-bond acceptors (Lipinski definition) is 2. The molecule has 0 bridgehead atoms. The Morgan fingerprint density at radius 2 is 2.40 bits per heavy atom. The number of rotatable bonds is 0.